The summed E-state index contributed by atoms with van der Waals surface area (Å²) in [6, 6.07) is 11.8. The second kappa shape index (κ2) is 6.70. The van der Waals surface area contributed by atoms with Crippen LogP contribution < -0.4 is 10.6 Å². The Bertz CT molecular complexity index is 498. The average molecular weight is 257 g/mol. The Balaban J connectivity index is 1.95. The van der Waals surface area contributed by atoms with Crippen LogP contribution in [0.5, 0.6) is 0 Å². The molecule has 1 heterocycles. The summed E-state index contributed by atoms with van der Waals surface area (Å²) in [5.41, 5.74) is 0.980. The van der Waals surface area contributed by atoms with Crippen molar-refractivity contribution in [3.05, 3.63) is 42.6 Å². The van der Waals surface area contributed by atoms with Crippen molar-refractivity contribution in [3.8, 4) is 0 Å². The molecule has 0 spiro atoms. The lowest BCUT2D eigenvalue weighted by Crippen LogP contribution is -2.21. The van der Waals surface area contributed by atoms with E-state index in [4.69, 9.17) is 0 Å². The molecule has 100 valence electrons. The first-order valence-corrected chi connectivity index (χ1v) is 6.28. The van der Waals surface area contributed by atoms with Crippen LogP contribution in [0.1, 0.15) is 0 Å². The molecule has 0 saturated heterocycles. The van der Waals surface area contributed by atoms with E-state index >= 15 is 0 Å². The molecule has 0 aliphatic rings. The monoisotopic (exact) mass is 257 g/mol. The van der Waals surface area contributed by atoms with Gasteiger partial charge in [0.2, 0.25) is 5.95 Å². The Morgan fingerprint density at radius 3 is 2.63 bits per heavy atom. The Morgan fingerprint density at radius 1 is 1.11 bits per heavy atom. The number of hydrogen-bond donors (Lipinski definition) is 2. The Hall–Kier alpha value is -2.14. The molecule has 5 heteroatoms. The number of anilines is 3. The van der Waals surface area contributed by atoms with Gasteiger partial charge in [-0.25, -0.2) is 4.98 Å². The smallest absolute Gasteiger partial charge is 0.229 e. The third-order valence-corrected chi connectivity index (χ3v) is 2.55. The number of nitrogens with zero attached hydrogens (tertiary/aromatic N) is 3. The number of rotatable bonds is 6. The fourth-order valence-corrected chi connectivity index (χ4v) is 1.58. The highest BCUT2D eigenvalue weighted by Gasteiger charge is 1.99. The van der Waals surface area contributed by atoms with Gasteiger partial charge in [-0.15, -0.1) is 0 Å². The fraction of sp³-hybridized carbons (Fsp3) is 0.286. The fourth-order valence-electron chi connectivity index (χ4n) is 1.58. The molecule has 19 heavy (non-hydrogen) atoms. The summed E-state index contributed by atoms with van der Waals surface area (Å²) < 4.78 is 0. The molecule has 5 nitrogen and oxygen atoms in total. The lowest BCUT2D eigenvalue weighted by atomic mass is 10.3. The van der Waals surface area contributed by atoms with Gasteiger partial charge in [-0.2, -0.15) is 4.98 Å². The molecule has 0 fully saturated rings. The first-order valence-electron chi connectivity index (χ1n) is 6.28. The van der Waals surface area contributed by atoms with Crippen LogP contribution in [0, 0.1) is 0 Å². The van der Waals surface area contributed by atoms with Crippen LogP contribution in [-0.4, -0.2) is 42.1 Å². The van der Waals surface area contributed by atoms with E-state index in [-0.39, 0.29) is 0 Å². The van der Waals surface area contributed by atoms with Gasteiger partial charge in [-0.3, -0.25) is 0 Å². The van der Waals surface area contributed by atoms with Crippen molar-refractivity contribution in [2.45, 2.75) is 0 Å². The summed E-state index contributed by atoms with van der Waals surface area (Å²) in [5, 5.41) is 6.44. The maximum atomic E-state index is 4.41. The van der Waals surface area contributed by atoms with Crippen molar-refractivity contribution in [2.24, 2.45) is 0 Å². The highest BCUT2D eigenvalue weighted by Crippen LogP contribution is 2.13. The van der Waals surface area contributed by atoms with Crippen LogP contribution in [0.3, 0.4) is 0 Å². The summed E-state index contributed by atoms with van der Waals surface area (Å²) in [6.45, 7) is 1.82. The molecule has 2 aromatic rings. The minimum atomic E-state index is 0.598. The topological polar surface area (TPSA) is 53.1 Å². The van der Waals surface area contributed by atoms with E-state index in [0.717, 1.165) is 24.6 Å². The molecule has 0 aliphatic carbocycles. The minimum Gasteiger partial charge on any atom is -0.369 e. The number of hydrogen-bond acceptors (Lipinski definition) is 5. The van der Waals surface area contributed by atoms with E-state index < -0.39 is 0 Å². The van der Waals surface area contributed by atoms with Crippen LogP contribution in [0.2, 0.25) is 0 Å². The first-order chi connectivity index (χ1) is 9.24. The lowest BCUT2D eigenvalue weighted by Gasteiger charge is -2.11. The summed E-state index contributed by atoms with van der Waals surface area (Å²) in [5.74, 6) is 1.43. The van der Waals surface area contributed by atoms with Gasteiger partial charge in [0.1, 0.15) is 5.82 Å². The minimum absolute atomic E-state index is 0.598. The molecule has 2 N–H and O–H groups in total. The molecular formula is C14H19N5. The van der Waals surface area contributed by atoms with Crippen molar-refractivity contribution >= 4 is 17.5 Å². The molecule has 1 aromatic carbocycles. The van der Waals surface area contributed by atoms with E-state index in [1.165, 1.54) is 0 Å². The third-order valence-electron chi connectivity index (χ3n) is 2.55. The average Bonchev–Trinajstić information content (AvgIpc) is 2.40. The van der Waals surface area contributed by atoms with Crippen molar-refractivity contribution in [1.82, 2.24) is 14.9 Å². The summed E-state index contributed by atoms with van der Waals surface area (Å²) in [6.07, 6.45) is 1.75. The maximum absolute atomic E-state index is 4.41. The lowest BCUT2D eigenvalue weighted by molar-refractivity contribution is 0.425. The van der Waals surface area contributed by atoms with Crippen molar-refractivity contribution < 1.29 is 0 Å². The standard InChI is InChI=1S/C14H19N5/c1-19(2)11-10-15-13-8-9-16-14(18-13)17-12-6-4-3-5-7-12/h3-9H,10-11H2,1-2H3,(H2,15,16,17,18). The zero-order chi connectivity index (χ0) is 13.5. The number of aromatic nitrogens is 2. The molecule has 0 saturated carbocycles. The van der Waals surface area contributed by atoms with Gasteiger partial charge < -0.3 is 15.5 Å². The highest BCUT2D eigenvalue weighted by molar-refractivity contribution is 5.54. The van der Waals surface area contributed by atoms with E-state index in [1.54, 1.807) is 6.20 Å². The van der Waals surface area contributed by atoms with E-state index in [2.05, 4.69) is 25.5 Å². The number of likely N-dealkylation sites (N-methyl/N-ethyl adjacent to an activating group) is 1. The molecule has 0 amide bonds. The van der Waals surface area contributed by atoms with E-state index in [9.17, 15) is 0 Å². The van der Waals surface area contributed by atoms with Gasteiger partial charge >= 0.3 is 0 Å². The first kappa shape index (κ1) is 13.3. The van der Waals surface area contributed by atoms with Crippen LogP contribution in [0.15, 0.2) is 42.6 Å². The molecule has 2 rings (SSSR count). The largest absolute Gasteiger partial charge is 0.369 e. The quantitative estimate of drug-likeness (QED) is 0.831. The molecule has 0 radical (unpaired) electrons. The normalized spacial score (nSPS) is 10.5. The number of para-hydroxylation sites is 1. The van der Waals surface area contributed by atoms with Crippen molar-refractivity contribution in [3.63, 3.8) is 0 Å². The predicted octanol–water partition coefficient (Wildman–Crippen LogP) is 2.19. The summed E-state index contributed by atoms with van der Waals surface area (Å²) in [7, 11) is 4.09. The van der Waals surface area contributed by atoms with Crippen LogP contribution in [0.4, 0.5) is 17.5 Å². The van der Waals surface area contributed by atoms with Crippen molar-refractivity contribution in [1.29, 1.82) is 0 Å². The molecule has 0 aliphatic heterocycles. The zero-order valence-electron chi connectivity index (χ0n) is 11.3. The third kappa shape index (κ3) is 4.56. The van der Waals surface area contributed by atoms with Gasteiger partial charge in [-0.05, 0) is 32.3 Å². The second-order valence-electron chi connectivity index (χ2n) is 4.49. The van der Waals surface area contributed by atoms with Gasteiger partial charge in [0.15, 0.2) is 0 Å². The SMILES string of the molecule is CN(C)CCNc1ccnc(Nc2ccccc2)n1. The van der Waals surface area contributed by atoms with Crippen LogP contribution in [-0.2, 0) is 0 Å². The van der Waals surface area contributed by atoms with Crippen LogP contribution in [0.25, 0.3) is 0 Å². The number of benzene rings is 1. The van der Waals surface area contributed by atoms with Crippen LogP contribution >= 0.6 is 0 Å². The van der Waals surface area contributed by atoms with Gasteiger partial charge in [-0.1, -0.05) is 18.2 Å². The second-order valence-corrected chi connectivity index (χ2v) is 4.49. The van der Waals surface area contributed by atoms with Gasteiger partial charge in [0.25, 0.3) is 0 Å². The molecule has 0 atom stereocenters. The maximum Gasteiger partial charge on any atom is 0.229 e. The van der Waals surface area contributed by atoms with E-state index in [1.807, 2.05) is 50.5 Å². The predicted molar refractivity (Wildman–Crippen MR) is 78.8 cm³/mol. The van der Waals surface area contributed by atoms with E-state index in [0.29, 0.717) is 5.95 Å². The molecule has 1 aromatic heterocycles. The zero-order valence-corrected chi connectivity index (χ0v) is 11.3. The number of nitrogens with one attached hydrogen (secondary N) is 2. The Kier molecular flexibility index (Phi) is 4.69. The summed E-state index contributed by atoms with van der Waals surface area (Å²) in [4.78, 5) is 10.7. The van der Waals surface area contributed by atoms with Crippen molar-refractivity contribution in [2.75, 3.05) is 37.8 Å². The summed E-state index contributed by atoms with van der Waals surface area (Å²) >= 11 is 0. The molecule has 0 unspecified atom stereocenters. The Labute approximate surface area is 113 Å². The molecule has 0 bridgehead atoms. The van der Waals surface area contributed by atoms with Gasteiger partial charge in [0, 0.05) is 25.0 Å². The Morgan fingerprint density at radius 2 is 1.89 bits per heavy atom. The molecular weight excluding hydrogens is 238 g/mol. The highest BCUT2D eigenvalue weighted by atomic mass is 15.1. The van der Waals surface area contributed by atoms with Gasteiger partial charge in [0.05, 0.1) is 0 Å².